The minimum Gasteiger partial charge on any atom is -0.478 e. The van der Waals surface area contributed by atoms with Crippen molar-refractivity contribution in [3.63, 3.8) is 0 Å². The topological polar surface area (TPSA) is 76.4 Å². The number of aromatic nitrogens is 1. The molecule has 0 spiro atoms. The second-order valence-electron chi connectivity index (χ2n) is 5.46. The summed E-state index contributed by atoms with van der Waals surface area (Å²) in [5.74, 6) is -1.09. The Bertz CT molecular complexity index is 1010. The maximum Gasteiger partial charge on any atom is 0.335 e. The molecule has 0 unspecified atom stereocenters. The quantitative estimate of drug-likeness (QED) is 0.800. The zero-order valence-electron chi connectivity index (χ0n) is 12.6. The van der Waals surface area contributed by atoms with E-state index in [2.05, 4.69) is 0 Å². The molecule has 2 aromatic carbocycles. The van der Waals surface area contributed by atoms with E-state index < -0.39 is 16.0 Å². The molecule has 0 bridgehead atoms. The van der Waals surface area contributed by atoms with E-state index in [0.29, 0.717) is 10.9 Å². The van der Waals surface area contributed by atoms with Crippen LogP contribution in [-0.4, -0.2) is 23.5 Å². The smallest absolute Gasteiger partial charge is 0.335 e. The Labute approximate surface area is 133 Å². The molecule has 5 nitrogen and oxygen atoms in total. The van der Waals surface area contributed by atoms with E-state index in [9.17, 15) is 13.2 Å². The van der Waals surface area contributed by atoms with Crippen LogP contribution in [0.2, 0.25) is 0 Å². The van der Waals surface area contributed by atoms with Gasteiger partial charge in [0, 0.05) is 11.6 Å². The molecule has 0 saturated heterocycles. The first kappa shape index (κ1) is 15.3. The van der Waals surface area contributed by atoms with Crippen LogP contribution >= 0.6 is 0 Å². The summed E-state index contributed by atoms with van der Waals surface area (Å²) in [7, 11) is -3.78. The van der Waals surface area contributed by atoms with Gasteiger partial charge in [-0.2, -0.15) is 0 Å². The summed E-state index contributed by atoms with van der Waals surface area (Å²) in [6, 6.07) is 11.0. The van der Waals surface area contributed by atoms with Crippen molar-refractivity contribution >= 4 is 26.9 Å². The second kappa shape index (κ2) is 5.24. The number of rotatable bonds is 3. The molecule has 0 aliphatic carbocycles. The largest absolute Gasteiger partial charge is 0.478 e. The number of aromatic carboxylic acids is 1. The molecule has 0 fully saturated rings. The fraction of sp³-hybridized carbons (Fsp3) is 0.118. The first-order chi connectivity index (χ1) is 10.8. The predicted octanol–water partition coefficient (Wildman–Crippen LogP) is 3.19. The summed E-state index contributed by atoms with van der Waals surface area (Å²) < 4.78 is 26.9. The first-order valence-electron chi connectivity index (χ1n) is 6.98. The fourth-order valence-electron chi connectivity index (χ4n) is 2.52. The van der Waals surface area contributed by atoms with E-state index in [0.717, 1.165) is 15.1 Å². The number of hydrogen-bond acceptors (Lipinski definition) is 3. The van der Waals surface area contributed by atoms with Gasteiger partial charge in [0.2, 0.25) is 0 Å². The van der Waals surface area contributed by atoms with Crippen molar-refractivity contribution in [2.75, 3.05) is 0 Å². The van der Waals surface area contributed by atoms with Gasteiger partial charge < -0.3 is 5.11 Å². The molecule has 0 atom stereocenters. The Morgan fingerprint density at radius 2 is 1.70 bits per heavy atom. The zero-order valence-corrected chi connectivity index (χ0v) is 13.5. The zero-order chi connectivity index (χ0) is 16.8. The minimum atomic E-state index is -3.78. The highest BCUT2D eigenvalue weighted by molar-refractivity contribution is 7.90. The molecule has 0 amide bonds. The van der Waals surface area contributed by atoms with Crippen molar-refractivity contribution < 1.29 is 18.3 Å². The molecule has 1 N–H and O–H groups in total. The van der Waals surface area contributed by atoms with Crippen LogP contribution in [0.15, 0.2) is 53.6 Å². The van der Waals surface area contributed by atoms with Crippen molar-refractivity contribution in [2.45, 2.75) is 18.7 Å². The highest BCUT2D eigenvalue weighted by Crippen LogP contribution is 2.26. The van der Waals surface area contributed by atoms with Crippen molar-refractivity contribution in [1.29, 1.82) is 0 Å². The van der Waals surface area contributed by atoms with Crippen LogP contribution < -0.4 is 0 Å². The number of hydrogen-bond donors (Lipinski definition) is 1. The van der Waals surface area contributed by atoms with Crippen LogP contribution in [0.5, 0.6) is 0 Å². The third kappa shape index (κ3) is 2.51. The number of aryl methyl sites for hydroxylation is 2. The monoisotopic (exact) mass is 329 g/mol. The predicted molar refractivity (Wildman–Crippen MR) is 87.4 cm³/mol. The van der Waals surface area contributed by atoms with Gasteiger partial charge >= 0.3 is 5.97 Å². The van der Waals surface area contributed by atoms with Gasteiger partial charge in [0.25, 0.3) is 10.0 Å². The number of fused-ring (bicyclic) bond motifs is 1. The van der Waals surface area contributed by atoms with Gasteiger partial charge in [-0.3, -0.25) is 0 Å². The summed E-state index contributed by atoms with van der Waals surface area (Å²) in [6.45, 7) is 3.68. The van der Waals surface area contributed by atoms with Crippen LogP contribution in [0.25, 0.3) is 10.9 Å². The molecule has 118 valence electrons. The maximum atomic E-state index is 12.9. The van der Waals surface area contributed by atoms with Gasteiger partial charge in [0.1, 0.15) is 0 Å². The van der Waals surface area contributed by atoms with E-state index in [1.54, 1.807) is 37.3 Å². The van der Waals surface area contributed by atoms with Crippen molar-refractivity contribution in [2.24, 2.45) is 0 Å². The highest BCUT2D eigenvalue weighted by Gasteiger charge is 2.21. The summed E-state index contributed by atoms with van der Waals surface area (Å²) in [5.41, 5.74) is 2.15. The number of carboxylic acid groups (broad SMARTS) is 1. The highest BCUT2D eigenvalue weighted by atomic mass is 32.2. The van der Waals surface area contributed by atoms with Gasteiger partial charge in [0.15, 0.2) is 0 Å². The molecule has 3 aromatic rings. The molecule has 1 aromatic heterocycles. The molecule has 0 radical (unpaired) electrons. The van der Waals surface area contributed by atoms with Crippen LogP contribution in [-0.2, 0) is 10.0 Å². The van der Waals surface area contributed by atoms with Gasteiger partial charge in [-0.05, 0) is 43.7 Å². The Balaban J connectivity index is 2.28. The summed E-state index contributed by atoms with van der Waals surface area (Å²) in [5, 5.41) is 9.85. The van der Waals surface area contributed by atoms with Gasteiger partial charge in [-0.1, -0.05) is 23.8 Å². The third-order valence-corrected chi connectivity index (χ3v) is 5.48. The maximum absolute atomic E-state index is 12.9. The van der Waals surface area contributed by atoms with E-state index in [1.165, 1.54) is 18.3 Å². The van der Waals surface area contributed by atoms with E-state index in [-0.39, 0.29) is 10.5 Å². The Hall–Kier alpha value is -2.60. The lowest BCUT2D eigenvalue weighted by atomic mass is 10.1. The normalized spacial score (nSPS) is 11.7. The van der Waals surface area contributed by atoms with E-state index in [4.69, 9.17) is 5.11 Å². The van der Waals surface area contributed by atoms with Gasteiger partial charge in [-0.15, -0.1) is 0 Å². The van der Waals surface area contributed by atoms with Crippen LogP contribution in [0, 0.1) is 13.8 Å². The number of carbonyl (C=O) groups is 1. The average Bonchev–Trinajstić information content (AvgIpc) is 2.85. The lowest BCUT2D eigenvalue weighted by Gasteiger charge is -2.08. The summed E-state index contributed by atoms with van der Waals surface area (Å²) in [6.07, 6.45) is 1.52. The molecule has 6 heteroatoms. The number of nitrogens with zero attached hydrogens (tertiary/aromatic N) is 1. The molecule has 3 rings (SSSR count). The molecular formula is C17H15NO4S. The second-order valence-corrected chi connectivity index (χ2v) is 7.28. The fourth-order valence-corrected chi connectivity index (χ4v) is 3.93. The number of benzene rings is 2. The lowest BCUT2D eigenvalue weighted by molar-refractivity contribution is 0.0697. The van der Waals surface area contributed by atoms with Gasteiger partial charge in [-0.25, -0.2) is 17.2 Å². The molecular weight excluding hydrogens is 314 g/mol. The molecule has 0 aliphatic rings. The standard InChI is InChI=1S/C17H15NO4S/c1-11-3-6-14(7-4-11)23(21,22)18-10-12(2)15-8-5-13(17(19)20)9-16(15)18/h3-10H,1-2H3,(H,19,20). The first-order valence-corrected chi connectivity index (χ1v) is 8.42. The van der Waals surface area contributed by atoms with Crippen molar-refractivity contribution in [3.05, 3.63) is 65.4 Å². The SMILES string of the molecule is Cc1ccc(S(=O)(=O)n2cc(C)c3ccc(C(=O)O)cc32)cc1. The average molecular weight is 329 g/mol. The lowest BCUT2D eigenvalue weighted by Crippen LogP contribution is -2.12. The van der Waals surface area contributed by atoms with Crippen molar-refractivity contribution in [3.8, 4) is 0 Å². The minimum absolute atomic E-state index is 0.0518. The molecule has 0 saturated carbocycles. The van der Waals surface area contributed by atoms with Crippen LogP contribution in [0.1, 0.15) is 21.5 Å². The summed E-state index contributed by atoms with van der Waals surface area (Å²) in [4.78, 5) is 11.3. The van der Waals surface area contributed by atoms with E-state index in [1.807, 2.05) is 6.92 Å². The van der Waals surface area contributed by atoms with Crippen molar-refractivity contribution in [1.82, 2.24) is 3.97 Å². The third-order valence-electron chi connectivity index (χ3n) is 3.80. The Morgan fingerprint density at radius 1 is 1.04 bits per heavy atom. The summed E-state index contributed by atoms with van der Waals surface area (Å²) >= 11 is 0. The van der Waals surface area contributed by atoms with Gasteiger partial charge in [0.05, 0.1) is 16.0 Å². The number of carboxylic acids is 1. The molecule has 0 aliphatic heterocycles. The van der Waals surface area contributed by atoms with Crippen LogP contribution in [0.3, 0.4) is 0 Å². The van der Waals surface area contributed by atoms with Crippen LogP contribution in [0.4, 0.5) is 0 Å². The molecule has 1 heterocycles. The Morgan fingerprint density at radius 3 is 2.30 bits per heavy atom. The molecule has 23 heavy (non-hydrogen) atoms. The van der Waals surface area contributed by atoms with E-state index >= 15 is 0 Å². The Kier molecular flexibility index (Phi) is 3.49.